The van der Waals surface area contributed by atoms with Crippen LogP contribution in [0.15, 0.2) is 120 Å². The molecule has 1 heteroatoms. The summed E-state index contributed by atoms with van der Waals surface area (Å²) in [6.07, 6.45) is 23.8. The molecule has 0 amide bonds. The third-order valence-electron chi connectivity index (χ3n) is 8.87. The van der Waals surface area contributed by atoms with E-state index in [4.69, 9.17) is 0 Å². The molecule has 3 aliphatic carbocycles. The standard InChI is InChI=1S/C28H33.C13H10.Zr/c1-5-11-22-17-20(7-3)18-23-19-25-24(26(22)23)14-16-28(8-4,15-6-2)27(25)21-12-9-10-13-21;1-3-7-12(8-4-1)11-13-9-5-2-6-10-13;/h9-10,12,14,16-18H,5-8,11,13,15H2,1-4H3;1-10H;/q-1;;. The van der Waals surface area contributed by atoms with Gasteiger partial charge in [-0.1, -0.05) is 99.3 Å². The Morgan fingerprint density at radius 3 is 2.12 bits per heavy atom. The van der Waals surface area contributed by atoms with Crippen molar-refractivity contribution in [3.05, 3.63) is 153 Å². The van der Waals surface area contributed by atoms with Crippen molar-refractivity contribution in [2.75, 3.05) is 0 Å². The summed E-state index contributed by atoms with van der Waals surface area (Å²) in [5.74, 6) is 0. The quantitative estimate of drug-likeness (QED) is 0.208. The first kappa shape index (κ1) is 30.6. The van der Waals surface area contributed by atoms with Crippen molar-refractivity contribution in [2.24, 2.45) is 5.41 Å². The predicted molar refractivity (Wildman–Crippen MR) is 178 cm³/mol. The molecular weight excluding hydrogens is 584 g/mol. The summed E-state index contributed by atoms with van der Waals surface area (Å²) in [6, 6.07) is 25.9. The first-order chi connectivity index (χ1) is 20.5. The monoisotopic (exact) mass is 625 g/mol. The van der Waals surface area contributed by atoms with Crippen LogP contribution in [0.5, 0.6) is 0 Å². The molecule has 1 unspecified atom stereocenters. The molecule has 0 radical (unpaired) electrons. The maximum absolute atomic E-state index is 3.91. The van der Waals surface area contributed by atoms with Gasteiger partial charge in [-0.05, 0) is 37.5 Å². The third kappa shape index (κ3) is 6.23. The van der Waals surface area contributed by atoms with Crippen LogP contribution in [-0.4, -0.2) is 3.21 Å². The van der Waals surface area contributed by atoms with E-state index in [0.29, 0.717) is 0 Å². The Balaban J connectivity index is 0.000000211. The van der Waals surface area contributed by atoms with Crippen LogP contribution in [0.2, 0.25) is 0 Å². The fraction of sp³-hybridized carbons (Fsp3) is 0.293. The van der Waals surface area contributed by atoms with Gasteiger partial charge in [0.25, 0.3) is 0 Å². The summed E-state index contributed by atoms with van der Waals surface area (Å²) in [6.45, 7) is 9.22. The number of benzene rings is 3. The van der Waals surface area contributed by atoms with E-state index in [2.05, 4.69) is 137 Å². The zero-order chi connectivity index (χ0) is 29.5. The van der Waals surface area contributed by atoms with Crippen molar-refractivity contribution in [3.63, 3.8) is 0 Å². The van der Waals surface area contributed by atoms with Gasteiger partial charge in [0.1, 0.15) is 0 Å². The van der Waals surface area contributed by atoms with E-state index in [9.17, 15) is 0 Å². The minimum absolute atomic E-state index is 0.152. The van der Waals surface area contributed by atoms with E-state index < -0.39 is 0 Å². The predicted octanol–water partition coefficient (Wildman–Crippen LogP) is 8.77. The summed E-state index contributed by atoms with van der Waals surface area (Å²) in [4.78, 5) is 0. The van der Waals surface area contributed by atoms with Crippen LogP contribution >= 0.6 is 0 Å². The molecule has 0 aromatic heterocycles. The van der Waals surface area contributed by atoms with Crippen molar-refractivity contribution in [3.8, 4) is 0 Å². The van der Waals surface area contributed by atoms with Crippen molar-refractivity contribution in [1.29, 1.82) is 0 Å². The van der Waals surface area contributed by atoms with Crippen LogP contribution < -0.4 is 10.4 Å². The van der Waals surface area contributed by atoms with E-state index in [1.54, 1.807) is 5.57 Å². The van der Waals surface area contributed by atoms with Gasteiger partial charge >= 0.3 is 99.2 Å². The Kier molecular flexibility index (Phi) is 10.2. The topological polar surface area (TPSA) is 0 Å². The van der Waals surface area contributed by atoms with E-state index in [1.807, 2.05) is 0 Å². The Labute approximate surface area is 268 Å². The van der Waals surface area contributed by atoms with Gasteiger partial charge in [-0.3, -0.25) is 0 Å². The molecule has 3 aliphatic rings. The minimum atomic E-state index is 0.152. The number of rotatable bonds is 9. The number of fused-ring (bicyclic) bond motifs is 2. The molecule has 0 N–H and O–H groups in total. The molecule has 3 aromatic carbocycles. The second-order valence-corrected chi connectivity index (χ2v) is 12.8. The number of hydrogen-bond donors (Lipinski definition) is 0. The van der Waals surface area contributed by atoms with E-state index in [-0.39, 0.29) is 5.41 Å². The molecule has 212 valence electrons. The summed E-state index contributed by atoms with van der Waals surface area (Å²) in [7, 11) is 0. The molecule has 0 aliphatic heterocycles. The number of hydrogen-bond acceptors (Lipinski definition) is 0. The van der Waals surface area contributed by atoms with Gasteiger partial charge in [0.2, 0.25) is 0 Å². The Hall–Kier alpha value is -2.89. The van der Waals surface area contributed by atoms with Crippen molar-refractivity contribution >= 4 is 14.9 Å². The van der Waals surface area contributed by atoms with E-state index in [0.717, 1.165) is 25.7 Å². The first-order valence-corrected chi connectivity index (χ1v) is 17.1. The molecule has 0 spiro atoms. The molecule has 0 nitrogen and oxygen atoms in total. The van der Waals surface area contributed by atoms with Crippen LogP contribution in [0.4, 0.5) is 0 Å². The van der Waals surface area contributed by atoms with Crippen molar-refractivity contribution < 1.29 is 24.2 Å². The van der Waals surface area contributed by atoms with Gasteiger partial charge in [-0.2, -0.15) is 0 Å². The summed E-state index contributed by atoms with van der Waals surface area (Å²) < 4.78 is 1.42. The average molecular weight is 627 g/mol. The second kappa shape index (κ2) is 14.1. The molecular formula is C41H43Zr-. The summed E-state index contributed by atoms with van der Waals surface area (Å²) in [5.41, 5.74) is 11.6. The molecule has 0 fully saturated rings. The zero-order valence-electron chi connectivity index (χ0n) is 25.8. The Bertz CT molecular complexity index is 1640. The number of aryl methyl sites for hydroxylation is 2. The van der Waals surface area contributed by atoms with Gasteiger partial charge in [0.05, 0.1) is 0 Å². The molecule has 0 saturated carbocycles. The fourth-order valence-electron chi connectivity index (χ4n) is 6.74. The normalized spacial score (nSPS) is 18.2. The van der Waals surface area contributed by atoms with Gasteiger partial charge in [-0.25, -0.2) is 0 Å². The van der Waals surface area contributed by atoms with Crippen LogP contribution in [-0.2, 0) is 37.1 Å². The fourth-order valence-corrected chi connectivity index (χ4v) is 7.56. The molecule has 3 aromatic rings. The average Bonchev–Trinajstić information content (AvgIpc) is 3.70. The van der Waals surface area contributed by atoms with Gasteiger partial charge in [-0.15, -0.1) is 33.7 Å². The number of allylic oxidation sites excluding steroid dienone is 8. The first-order valence-electron chi connectivity index (χ1n) is 15.8. The van der Waals surface area contributed by atoms with Crippen LogP contribution in [0.1, 0.15) is 82.1 Å². The SMILES string of the molecule is CCCc1cc(CC)cc2c1=C1C=CC(CC)(CCC)C(C3=CC=CC3)=C1[C-]=2.[Zr]=[C](c1ccccc1)c1ccccc1. The zero-order valence-corrected chi connectivity index (χ0v) is 28.2. The Morgan fingerprint density at radius 2 is 1.57 bits per heavy atom. The maximum atomic E-state index is 3.91. The summed E-state index contributed by atoms with van der Waals surface area (Å²) in [5, 5.41) is 2.78. The molecule has 42 heavy (non-hydrogen) atoms. The van der Waals surface area contributed by atoms with Crippen molar-refractivity contribution in [2.45, 2.75) is 72.6 Å². The van der Waals surface area contributed by atoms with Crippen LogP contribution in [0, 0.1) is 5.41 Å². The van der Waals surface area contributed by atoms with Crippen LogP contribution in [0.25, 0.3) is 11.6 Å². The van der Waals surface area contributed by atoms with Crippen molar-refractivity contribution in [1.82, 2.24) is 0 Å². The third-order valence-corrected chi connectivity index (χ3v) is 10.3. The molecule has 0 heterocycles. The summed E-state index contributed by atoms with van der Waals surface area (Å²) >= 11 is 1.46. The van der Waals surface area contributed by atoms with E-state index >= 15 is 0 Å². The Morgan fingerprint density at radius 1 is 0.881 bits per heavy atom. The van der Waals surface area contributed by atoms with E-state index in [1.165, 1.54) is 96.1 Å². The van der Waals surface area contributed by atoms with Crippen LogP contribution in [0.3, 0.4) is 0 Å². The van der Waals surface area contributed by atoms with Gasteiger partial charge < -0.3 is 0 Å². The van der Waals surface area contributed by atoms with Gasteiger partial charge in [0.15, 0.2) is 0 Å². The molecule has 0 bridgehead atoms. The molecule has 6 rings (SSSR count). The molecule has 0 saturated heterocycles. The second-order valence-electron chi connectivity index (χ2n) is 11.6. The molecule has 1 atom stereocenters. The van der Waals surface area contributed by atoms with Gasteiger partial charge in [0, 0.05) is 0 Å².